The smallest absolute Gasteiger partial charge is 0.264 e. The molecule has 0 heterocycles. The van der Waals surface area contributed by atoms with Crippen LogP contribution in [0.5, 0.6) is 5.75 Å². The van der Waals surface area contributed by atoms with Gasteiger partial charge in [-0.15, -0.1) is 0 Å². The second kappa shape index (κ2) is 12.1. The van der Waals surface area contributed by atoms with E-state index in [1.807, 2.05) is 6.92 Å². The van der Waals surface area contributed by atoms with Gasteiger partial charge >= 0.3 is 0 Å². The predicted molar refractivity (Wildman–Crippen MR) is 144 cm³/mol. The van der Waals surface area contributed by atoms with Crippen LogP contribution in [0, 0.1) is 6.92 Å². The van der Waals surface area contributed by atoms with Crippen molar-refractivity contribution < 1.29 is 22.7 Å². The van der Waals surface area contributed by atoms with Gasteiger partial charge in [0.15, 0.2) is 0 Å². The van der Waals surface area contributed by atoms with Gasteiger partial charge in [-0.1, -0.05) is 41.4 Å². The third-order valence-electron chi connectivity index (χ3n) is 5.93. The van der Waals surface area contributed by atoms with E-state index < -0.39 is 28.5 Å². The average molecular weight is 544 g/mol. The Balaban J connectivity index is 2.00. The molecule has 0 aromatic heterocycles. The Hall–Kier alpha value is -3.56. The summed E-state index contributed by atoms with van der Waals surface area (Å²) in [4.78, 5) is 27.6. The fourth-order valence-electron chi connectivity index (χ4n) is 3.69. The van der Waals surface area contributed by atoms with Gasteiger partial charge in [-0.2, -0.15) is 0 Å². The normalized spacial score (nSPS) is 11.9. The third kappa shape index (κ3) is 6.81. The van der Waals surface area contributed by atoms with Crippen molar-refractivity contribution in [2.24, 2.45) is 0 Å². The van der Waals surface area contributed by atoms with Crippen LogP contribution in [-0.2, 0) is 26.2 Å². The number of carbonyl (C=O) groups is 2. The number of hydrogen-bond donors (Lipinski definition) is 1. The van der Waals surface area contributed by atoms with Crippen LogP contribution in [0.3, 0.4) is 0 Å². The van der Waals surface area contributed by atoms with Crippen molar-refractivity contribution in [3.63, 3.8) is 0 Å². The SMILES string of the molecule is CNC(=O)[C@H](C)N(Cc1ccc(OC)cc1)C(=O)CN(c1ccc(C)cc1)S(=O)(=O)c1ccc(Cl)cc1. The minimum Gasteiger partial charge on any atom is -0.497 e. The Morgan fingerprint density at radius 2 is 1.57 bits per heavy atom. The van der Waals surface area contributed by atoms with Crippen LogP contribution in [0.1, 0.15) is 18.1 Å². The number of hydrogen-bond acceptors (Lipinski definition) is 5. The fraction of sp³-hybridized carbons (Fsp3) is 0.259. The molecule has 0 spiro atoms. The Morgan fingerprint density at radius 1 is 0.973 bits per heavy atom. The topological polar surface area (TPSA) is 96.0 Å². The number of benzene rings is 3. The minimum atomic E-state index is -4.14. The molecule has 0 saturated carbocycles. The highest BCUT2D eigenvalue weighted by Gasteiger charge is 2.32. The van der Waals surface area contributed by atoms with Crippen molar-refractivity contribution in [2.45, 2.75) is 31.3 Å². The van der Waals surface area contributed by atoms with Gasteiger partial charge in [-0.25, -0.2) is 8.42 Å². The highest BCUT2D eigenvalue weighted by atomic mass is 35.5. The zero-order valence-corrected chi connectivity index (χ0v) is 22.7. The Bertz CT molecular complexity index is 1330. The Labute approximate surface area is 222 Å². The maximum absolute atomic E-state index is 13.7. The van der Waals surface area contributed by atoms with Crippen LogP contribution in [0.4, 0.5) is 5.69 Å². The number of halogens is 1. The molecule has 0 saturated heterocycles. The number of nitrogens with zero attached hydrogens (tertiary/aromatic N) is 2. The van der Waals surface area contributed by atoms with Crippen molar-refractivity contribution in [1.82, 2.24) is 10.2 Å². The van der Waals surface area contributed by atoms with Crippen molar-refractivity contribution in [2.75, 3.05) is 25.0 Å². The van der Waals surface area contributed by atoms with E-state index in [0.29, 0.717) is 16.5 Å². The van der Waals surface area contributed by atoms with Gasteiger partial charge in [0.2, 0.25) is 11.8 Å². The van der Waals surface area contributed by atoms with Gasteiger partial charge in [0.1, 0.15) is 18.3 Å². The summed E-state index contributed by atoms with van der Waals surface area (Å²) in [5, 5.41) is 2.95. The van der Waals surface area contributed by atoms with Gasteiger partial charge in [0.25, 0.3) is 10.0 Å². The van der Waals surface area contributed by atoms with Gasteiger partial charge in [0.05, 0.1) is 17.7 Å². The minimum absolute atomic E-state index is 0.00803. The molecule has 196 valence electrons. The predicted octanol–water partition coefficient (Wildman–Crippen LogP) is 4.02. The molecule has 0 aliphatic rings. The van der Waals surface area contributed by atoms with Gasteiger partial charge < -0.3 is 15.0 Å². The van der Waals surface area contributed by atoms with E-state index in [2.05, 4.69) is 5.32 Å². The van der Waals surface area contributed by atoms with Crippen LogP contribution in [0.25, 0.3) is 0 Å². The lowest BCUT2D eigenvalue weighted by Gasteiger charge is -2.31. The first-order chi connectivity index (χ1) is 17.6. The maximum atomic E-state index is 13.7. The number of likely N-dealkylation sites (N-methyl/N-ethyl adjacent to an activating group) is 1. The summed E-state index contributed by atoms with van der Waals surface area (Å²) in [6, 6.07) is 18.8. The van der Waals surface area contributed by atoms with E-state index in [1.165, 1.54) is 36.2 Å². The summed E-state index contributed by atoms with van der Waals surface area (Å²) < 4.78 is 33.6. The van der Waals surface area contributed by atoms with E-state index in [1.54, 1.807) is 62.6 Å². The number of anilines is 1. The van der Waals surface area contributed by atoms with Crippen molar-refractivity contribution >= 4 is 39.1 Å². The Kier molecular flexibility index (Phi) is 9.18. The summed E-state index contributed by atoms with van der Waals surface area (Å²) >= 11 is 5.96. The molecule has 2 amide bonds. The molecule has 3 rings (SSSR count). The fourth-order valence-corrected chi connectivity index (χ4v) is 5.23. The molecule has 37 heavy (non-hydrogen) atoms. The van der Waals surface area contributed by atoms with Crippen molar-refractivity contribution in [3.05, 3.63) is 88.9 Å². The summed E-state index contributed by atoms with van der Waals surface area (Å²) in [6.45, 7) is 3.07. The van der Waals surface area contributed by atoms with Crippen molar-refractivity contribution in [3.8, 4) is 5.75 Å². The number of aryl methyl sites for hydroxylation is 1. The first kappa shape index (κ1) is 28.0. The number of carbonyl (C=O) groups excluding carboxylic acids is 2. The van der Waals surface area contributed by atoms with Crippen LogP contribution in [0.2, 0.25) is 5.02 Å². The lowest BCUT2D eigenvalue weighted by molar-refractivity contribution is -0.139. The average Bonchev–Trinajstić information content (AvgIpc) is 2.90. The first-order valence-electron chi connectivity index (χ1n) is 11.6. The molecule has 0 fully saturated rings. The second-order valence-corrected chi connectivity index (χ2v) is 10.8. The van der Waals surface area contributed by atoms with Crippen LogP contribution in [-0.4, -0.2) is 51.9 Å². The maximum Gasteiger partial charge on any atom is 0.264 e. The summed E-state index contributed by atoms with van der Waals surface area (Å²) in [5.74, 6) is -0.255. The highest BCUT2D eigenvalue weighted by molar-refractivity contribution is 7.92. The molecule has 3 aromatic carbocycles. The van der Waals surface area contributed by atoms with Crippen LogP contribution >= 0.6 is 11.6 Å². The van der Waals surface area contributed by atoms with Gasteiger partial charge in [-0.05, 0) is 67.9 Å². The molecule has 8 nitrogen and oxygen atoms in total. The number of methoxy groups -OCH3 is 1. The summed E-state index contributed by atoms with van der Waals surface area (Å²) in [5.41, 5.74) is 2.02. The lowest BCUT2D eigenvalue weighted by Crippen LogP contribution is -2.50. The molecule has 0 bridgehead atoms. The van der Waals surface area contributed by atoms with E-state index in [4.69, 9.17) is 16.3 Å². The zero-order chi connectivity index (χ0) is 27.2. The molecule has 0 radical (unpaired) electrons. The van der Waals surface area contributed by atoms with Gasteiger partial charge in [-0.3, -0.25) is 13.9 Å². The molecule has 0 aliphatic carbocycles. The standard InChI is InChI=1S/C27H30ClN3O5S/c1-19-5-11-23(12-6-19)31(37(34,35)25-15-9-22(28)10-16-25)18-26(32)30(20(2)27(33)29-3)17-21-7-13-24(36-4)14-8-21/h5-16,20H,17-18H2,1-4H3,(H,29,33)/t20-/m0/s1. The third-order valence-corrected chi connectivity index (χ3v) is 7.97. The molecular weight excluding hydrogens is 514 g/mol. The van der Waals surface area contributed by atoms with Gasteiger partial charge in [0, 0.05) is 18.6 Å². The van der Waals surface area contributed by atoms with Crippen LogP contribution < -0.4 is 14.4 Å². The Morgan fingerprint density at radius 3 is 2.11 bits per heavy atom. The molecule has 1 N–H and O–H groups in total. The monoisotopic (exact) mass is 543 g/mol. The molecule has 1 atom stereocenters. The molecular formula is C27H30ClN3O5S. The number of nitrogens with one attached hydrogen (secondary N) is 1. The number of ether oxygens (including phenoxy) is 1. The van der Waals surface area contributed by atoms with Crippen LogP contribution in [0.15, 0.2) is 77.7 Å². The summed E-state index contributed by atoms with van der Waals surface area (Å²) in [6.07, 6.45) is 0. The molecule has 0 unspecified atom stereocenters. The number of rotatable bonds is 10. The van der Waals surface area contributed by atoms with Crippen molar-refractivity contribution in [1.29, 1.82) is 0 Å². The first-order valence-corrected chi connectivity index (χ1v) is 13.4. The number of amides is 2. The summed E-state index contributed by atoms with van der Waals surface area (Å²) in [7, 11) is -1.10. The molecule has 3 aromatic rings. The van der Waals surface area contributed by atoms with E-state index in [9.17, 15) is 18.0 Å². The van der Waals surface area contributed by atoms with E-state index >= 15 is 0 Å². The van der Waals surface area contributed by atoms with E-state index in [0.717, 1.165) is 15.4 Å². The number of sulfonamides is 1. The largest absolute Gasteiger partial charge is 0.497 e. The second-order valence-electron chi connectivity index (χ2n) is 8.46. The lowest BCUT2D eigenvalue weighted by atomic mass is 10.1. The highest BCUT2D eigenvalue weighted by Crippen LogP contribution is 2.26. The van der Waals surface area contributed by atoms with E-state index in [-0.39, 0.29) is 17.3 Å². The molecule has 10 heteroatoms. The zero-order valence-electron chi connectivity index (χ0n) is 21.1. The quantitative estimate of drug-likeness (QED) is 0.417. The molecule has 0 aliphatic heterocycles.